The molecule has 5 nitrogen and oxygen atoms in total. The number of anilines is 1. The lowest BCUT2D eigenvalue weighted by atomic mass is 9.93. The second kappa shape index (κ2) is 10.4. The van der Waals surface area contributed by atoms with Crippen molar-refractivity contribution in [2.75, 3.05) is 12.0 Å². The van der Waals surface area contributed by atoms with E-state index in [0.717, 1.165) is 18.2 Å². The van der Waals surface area contributed by atoms with Gasteiger partial charge in [0.1, 0.15) is 0 Å². The third kappa shape index (κ3) is 4.78. The number of nitrogens with one attached hydrogen (secondary N) is 1. The molecule has 0 aliphatic carbocycles. The number of amides is 2. The van der Waals surface area contributed by atoms with Crippen LogP contribution in [0.2, 0.25) is 0 Å². The quantitative estimate of drug-likeness (QED) is 0.211. The number of carbonyl (C=O) groups excluding carboxylic acids is 2. The van der Waals surface area contributed by atoms with Gasteiger partial charge in [0, 0.05) is 28.4 Å². The number of nitrogen functional groups attached to an aromatic ring is 1. The van der Waals surface area contributed by atoms with Gasteiger partial charge in [-0.05, 0) is 24.6 Å². The molecule has 0 fully saturated rings. The Morgan fingerprint density at radius 3 is 2.00 bits per heavy atom. The maximum atomic E-state index is 13.0. The van der Waals surface area contributed by atoms with Crippen LogP contribution in [0.4, 0.5) is 5.69 Å². The third-order valence-electron chi connectivity index (χ3n) is 5.88. The highest BCUT2D eigenvalue weighted by Gasteiger charge is 2.32. The summed E-state index contributed by atoms with van der Waals surface area (Å²) >= 11 is 0. The van der Waals surface area contributed by atoms with Gasteiger partial charge in [-0.3, -0.25) is 20.3 Å². The second-order valence-corrected chi connectivity index (χ2v) is 7.98. The molecule has 3 rings (SSSR count). The Morgan fingerprint density at radius 1 is 0.793 bits per heavy atom. The summed E-state index contributed by atoms with van der Waals surface area (Å²) in [6.07, 6.45) is 12.3. The molecule has 2 aromatic rings. The highest BCUT2D eigenvalue weighted by Crippen LogP contribution is 2.34. The Bertz CT molecular complexity index is 840. The molecule has 1 aliphatic rings. The van der Waals surface area contributed by atoms with E-state index < -0.39 is 0 Å². The molecule has 1 heterocycles. The molecule has 0 saturated carbocycles. The molecule has 0 bridgehead atoms. The number of rotatable bonds is 12. The fourth-order valence-corrected chi connectivity index (χ4v) is 4.23. The van der Waals surface area contributed by atoms with E-state index in [0.29, 0.717) is 28.7 Å². The average molecular weight is 396 g/mol. The van der Waals surface area contributed by atoms with E-state index >= 15 is 0 Å². The van der Waals surface area contributed by atoms with Gasteiger partial charge in [0.25, 0.3) is 11.8 Å². The van der Waals surface area contributed by atoms with Crippen molar-refractivity contribution in [1.29, 1.82) is 0 Å². The normalized spacial score (nSPS) is 13.4. The van der Waals surface area contributed by atoms with E-state index in [1.165, 1.54) is 56.3 Å². The van der Waals surface area contributed by atoms with Crippen LogP contribution in [-0.2, 0) is 0 Å². The first-order valence-electron chi connectivity index (χ1n) is 11.1. The van der Waals surface area contributed by atoms with Crippen molar-refractivity contribution in [3.8, 4) is 0 Å². The topological polar surface area (TPSA) is 75.4 Å². The van der Waals surface area contributed by atoms with E-state index in [2.05, 4.69) is 12.3 Å². The van der Waals surface area contributed by atoms with Crippen molar-refractivity contribution in [1.82, 2.24) is 4.90 Å². The minimum atomic E-state index is -0.196. The van der Waals surface area contributed by atoms with Gasteiger partial charge in [0.2, 0.25) is 0 Å². The van der Waals surface area contributed by atoms with Crippen LogP contribution in [0.3, 0.4) is 0 Å². The summed E-state index contributed by atoms with van der Waals surface area (Å²) in [5, 5.41) is 1.51. The van der Waals surface area contributed by atoms with Crippen molar-refractivity contribution < 1.29 is 9.59 Å². The Kier molecular flexibility index (Phi) is 7.64. The van der Waals surface area contributed by atoms with Gasteiger partial charge >= 0.3 is 0 Å². The molecule has 2 amide bonds. The van der Waals surface area contributed by atoms with Crippen molar-refractivity contribution in [2.24, 2.45) is 5.84 Å². The summed E-state index contributed by atoms with van der Waals surface area (Å²) in [4.78, 5) is 27.3. The maximum Gasteiger partial charge on any atom is 0.261 e. The van der Waals surface area contributed by atoms with Crippen LogP contribution >= 0.6 is 0 Å². The fraction of sp³-hybridized carbons (Fsp3) is 0.500. The van der Waals surface area contributed by atoms with Crippen molar-refractivity contribution >= 4 is 28.3 Å². The SMILES string of the molecule is CCCCCCCCCCCCN1C(=O)c2cccc3c(NN)ccc(c23)C1=O. The molecule has 2 aromatic carbocycles. The summed E-state index contributed by atoms with van der Waals surface area (Å²) in [7, 11) is 0. The van der Waals surface area contributed by atoms with Crippen LogP contribution in [0.1, 0.15) is 91.8 Å². The molecule has 29 heavy (non-hydrogen) atoms. The van der Waals surface area contributed by atoms with E-state index in [-0.39, 0.29) is 11.8 Å². The van der Waals surface area contributed by atoms with Gasteiger partial charge in [0.05, 0.1) is 5.69 Å². The first-order valence-corrected chi connectivity index (χ1v) is 11.1. The van der Waals surface area contributed by atoms with Crippen LogP contribution < -0.4 is 11.3 Å². The lowest BCUT2D eigenvalue weighted by molar-refractivity contribution is 0.0608. The predicted molar refractivity (Wildman–Crippen MR) is 119 cm³/mol. The summed E-state index contributed by atoms with van der Waals surface area (Å²) in [5.74, 6) is 5.20. The zero-order valence-electron chi connectivity index (χ0n) is 17.5. The molecule has 0 saturated heterocycles. The molecule has 0 aromatic heterocycles. The molecule has 1 aliphatic heterocycles. The lowest BCUT2D eigenvalue weighted by Gasteiger charge is -2.27. The number of imide groups is 1. The number of unbranched alkanes of at least 4 members (excludes halogenated alkanes) is 9. The van der Waals surface area contributed by atoms with Crippen LogP contribution in [0.25, 0.3) is 10.8 Å². The largest absolute Gasteiger partial charge is 0.324 e. The number of hydrogen-bond acceptors (Lipinski definition) is 4. The number of nitrogens with zero attached hydrogens (tertiary/aromatic N) is 1. The molecule has 0 atom stereocenters. The lowest BCUT2D eigenvalue weighted by Crippen LogP contribution is -2.40. The summed E-state index contributed by atoms with van der Waals surface area (Å²) in [5.41, 5.74) is 4.54. The monoisotopic (exact) mass is 395 g/mol. The van der Waals surface area contributed by atoms with Gasteiger partial charge in [-0.2, -0.15) is 0 Å². The first-order chi connectivity index (χ1) is 14.2. The van der Waals surface area contributed by atoms with Crippen molar-refractivity contribution in [2.45, 2.75) is 71.1 Å². The van der Waals surface area contributed by atoms with E-state index in [1.54, 1.807) is 18.2 Å². The van der Waals surface area contributed by atoms with Gasteiger partial charge in [-0.15, -0.1) is 0 Å². The van der Waals surface area contributed by atoms with E-state index in [1.807, 2.05) is 12.1 Å². The van der Waals surface area contributed by atoms with Crippen molar-refractivity contribution in [3.05, 3.63) is 41.5 Å². The van der Waals surface area contributed by atoms with Crippen LogP contribution in [0, 0.1) is 0 Å². The molecule has 156 valence electrons. The molecule has 0 spiro atoms. The zero-order chi connectivity index (χ0) is 20.6. The van der Waals surface area contributed by atoms with Gasteiger partial charge < -0.3 is 5.43 Å². The molecule has 5 heteroatoms. The van der Waals surface area contributed by atoms with Gasteiger partial charge in [0.15, 0.2) is 0 Å². The minimum absolute atomic E-state index is 0.196. The Hall–Kier alpha value is -2.40. The maximum absolute atomic E-state index is 13.0. The Labute approximate surface area is 173 Å². The highest BCUT2D eigenvalue weighted by molar-refractivity contribution is 6.26. The van der Waals surface area contributed by atoms with Gasteiger partial charge in [-0.1, -0.05) is 76.8 Å². The van der Waals surface area contributed by atoms with E-state index in [4.69, 9.17) is 5.84 Å². The fourth-order valence-electron chi connectivity index (χ4n) is 4.23. The second-order valence-electron chi connectivity index (χ2n) is 7.98. The van der Waals surface area contributed by atoms with Gasteiger partial charge in [-0.25, -0.2) is 0 Å². The first kappa shape index (κ1) is 21.3. The highest BCUT2D eigenvalue weighted by atomic mass is 16.2. The molecular formula is C24H33N3O2. The summed E-state index contributed by atoms with van der Waals surface area (Å²) < 4.78 is 0. The van der Waals surface area contributed by atoms with Crippen molar-refractivity contribution in [3.63, 3.8) is 0 Å². The smallest absolute Gasteiger partial charge is 0.261 e. The standard InChI is InChI=1S/C24H33N3O2/c1-2-3-4-5-6-7-8-9-10-11-17-27-23(28)19-14-12-13-18-21(26-25)16-15-20(22(18)19)24(27)29/h12-16,26H,2-11,17,25H2,1H3. The minimum Gasteiger partial charge on any atom is -0.324 e. The summed E-state index contributed by atoms with van der Waals surface area (Å²) in [6.45, 7) is 2.73. The Morgan fingerprint density at radius 2 is 1.38 bits per heavy atom. The summed E-state index contributed by atoms with van der Waals surface area (Å²) in [6, 6.07) is 9.09. The number of hydrogen-bond donors (Lipinski definition) is 2. The third-order valence-corrected chi connectivity index (χ3v) is 5.88. The predicted octanol–water partition coefficient (Wildman–Crippen LogP) is 5.64. The number of benzene rings is 2. The number of carbonyl (C=O) groups is 2. The number of hydrazine groups is 1. The Balaban J connectivity index is 1.53. The zero-order valence-corrected chi connectivity index (χ0v) is 17.5. The van der Waals surface area contributed by atoms with Crippen LogP contribution in [0.15, 0.2) is 30.3 Å². The average Bonchev–Trinajstić information content (AvgIpc) is 2.74. The van der Waals surface area contributed by atoms with Crippen LogP contribution in [-0.4, -0.2) is 23.3 Å². The number of nitrogens with two attached hydrogens (primary N) is 1. The van der Waals surface area contributed by atoms with Crippen LogP contribution in [0.5, 0.6) is 0 Å². The molecular weight excluding hydrogens is 362 g/mol. The molecule has 0 unspecified atom stereocenters. The molecule has 0 radical (unpaired) electrons. The van der Waals surface area contributed by atoms with E-state index in [9.17, 15) is 9.59 Å². The molecule has 3 N–H and O–H groups in total.